The number of carbonyl (C=O) groups is 1. The fraction of sp³-hybridized carbons (Fsp3) is 0.800. The number of carbonyl (C=O) groups excluding carboxylic acids is 1. The van der Waals surface area contributed by atoms with E-state index in [0.29, 0.717) is 0 Å². The lowest BCUT2D eigenvalue weighted by Gasteiger charge is -2.12. The van der Waals surface area contributed by atoms with Crippen molar-refractivity contribution in [1.29, 1.82) is 0 Å². The lowest BCUT2D eigenvalue weighted by Crippen LogP contribution is -2.36. The Morgan fingerprint density at radius 2 is 2.00 bits per heavy atom. The first kappa shape index (κ1) is 6.89. The van der Waals surface area contributed by atoms with Crippen LogP contribution < -0.4 is 5.43 Å². The molecule has 0 aromatic rings. The molecule has 0 saturated carbocycles. The second-order valence-electron chi connectivity index (χ2n) is 2.11. The molecule has 1 rings (SSSR count). The third kappa shape index (κ3) is 2.24. The summed E-state index contributed by atoms with van der Waals surface area (Å²) in [7, 11) is 0. The molecule has 1 fully saturated rings. The Kier molecular flexibility index (Phi) is 2.36. The van der Waals surface area contributed by atoms with Crippen molar-refractivity contribution in [2.75, 3.05) is 13.1 Å². The van der Waals surface area contributed by atoms with E-state index in [4.69, 9.17) is 0 Å². The van der Waals surface area contributed by atoms with Crippen molar-refractivity contribution in [2.45, 2.75) is 12.8 Å². The van der Waals surface area contributed by atoms with Crippen molar-refractivity contribution in [3.05, 3.63) is 0 Å². The van der Waals surface area contributed by atoms with Crippen LogP contribution in [0.3, 0.4) is 0 Å². The molecule has 0 aromatic carbocycles. The van der Waals surface area contributed by atoms with Crippen molar-refractivity contribution < 1.29 is 4.79 Å². The minimum absolute atomic E-state index is 0.267. The largest absolute Gasteiger partial charge is 0.290 e. The van der Waals surface area contributed by atoms with Gasteiger partial charge in [0.1, 0.15) is 0 Å². The second-order valence-corrected chi connectivity index (χ2v) is 2.52. The molecule has 0 unspecified atom stereocenters. The van der Waals surface area contributed by atoms with E-state index in [2.05, 4.69) is 18.1 Å². The van der Waals surface area contributed by atoms with Gasteiger partial charge in [-0.2, -0.15) is 0 Å². The van der Waals surface area contributed by atoms with Gasteiger partial charge in [0, 0.05) is 13.1 Å². The molecule has 0 aliphatic carbocycles. The van der Waals surface area contributed by atoms with Crippen LogP contribution in [0, 0.1) is 0 Å². The molecule has 0 radical (unpaired) electrons. The van der Waals surface area contributed by atoms with Crippen LogP contribution in [0.2, 0.25) is 0 Å². The maximum absolute atomic E-state index is 10.3. The topological polar surface area (TPSA) is 32.3 Å². The number of nitrogens with zero attached hydrogens (tertiary/aromatic N) is 1. The van der Waals surface area contributed by atoms with Gasteiger partial charge in [0.2, 0.25) is 0 Å². The van der Waals surface area contributed by atoms with E-state index in [1.807, 2.05) is 5.01 Å². The highest BCUT2D eigenvalue weighted by Gasteiger charge is 2.11. The summed E-state index contributed by atoms with van der Waals surface area (Å²) in [6.07, 6.45) is 2.35. The van der Waals surface area contributed by atoms with Crippen molar-refractivity contribution in [3.63, 3.8) is 0 Å². The molecule has 0 spiro atoms. The Balaban J connectivity index is 2.19. The van der Waals surface area contributed by atoms with Gasteiger partial charge in [-0.05, 0) is 12.8 Å². The lowest BCUT2D eigenvalue weighted by molar-refractivity contribution is 0.218. The molecule has 1 aliphatic heterocycles. The smallest absolute Gasteiger partial charge is 0.280 e. The second kappa shape index (κ2) is 3.08. The third-order valence-corrected chi connectivity index (χ3v) is 1.46. The van der Waals surface area contributed by atoms with Gasteiger partial charge >= 0.3 is 0 Å². The summed E-state index contributed by atoms with van der Waals surface area (Å²) >= 11 is 3.58. The molecule has 0 atom stereocenters. The molecule has 1 saturated heterocycles. The fourth-order valence-electron chi connectivity index (χ4n) is 0.964. The van der Waals surface area contributed by atoms with Gasteiger partial charge < -0.3 is 0 Å². The van der Waals surface area contributed by atoms with E-state index in [0.717, 1.165) is 13.1 Å². The zero-order valence-electron chi connectivity index (χ0n) is 5.13. The summed E-state index contributed by atoms with van der Waals surface area (Å²) in [5, 5.41) is 1.62. The molecule has 1 N–H and O–H groups in total. The molecule has 52 valence electrons. The van der Waals surface area contributed by atoms with Crippen LogP contribution in [0.15, 0.2) is 0 Å². The molecular formula is C5H10N2OS. The van der Waals surface area contributed by atoms with E-state index in [1.165, 1.54) is 12.8 Å². The number of thiol groups is 1. The number of rotatable bonds is 1. The number of nitrogens with one attached hydrogen (secondary N) is 1. The van der Waals surface area contributed by atoms with Crippen LogP contribution in [0.5, 0.6) is 0 Å². The van der Waals surface area contributed by atoms with Gasteiger partial charge in [-0.3, -0.25) is 10.2 Å². The first-order valence-electron chi connectivity index (χ1n) is 3.03. The molecule has 9 heavy (non-hydrogen) atoms. The minimum atomic E-state index is -0.267. The maximum atomic E-state index is 10.3. The number of hydrogen-bond donors (Lipinski definition) is 2. The van der Waals surface area contributed by atoms with Crippen molar-refractivity contribution in [3.8, 4) is 0 Å². The monoisotopic (exact) mass is 146 g/mol. The highest BCUT2D eigenvalue weighted by molar-refractivity contribution is 7.96. The van der Waals surface area contributed by atoms with Gasteiger partial charge in [0.15, 0.2) is 0 Å². The van der Waals surface area contributed by atoms with E-state index >= 15 is 0 Å². The van der Waals surface area contributed by atoms with Crippen molar-refractivity contribution in [2.24, 2.45) is 0 Å². The van der Waals surface area contributed by atoms with Gasteiger partial charge in [-0.15, -0.1) is 0 Å². The SMILES string of the molecule is O=C(S)NN1CCCC1. The zero-order valence-corrected chi connectivity index (χ0v) is 6.03. The van der Waals surface area contributed by atoms with Gasteiger partial charge in [0.05, 0.1) is 0 Å². The lowest BCUT2D eigenvalue weighted by atomic mass is 10.4. The van der Waals surface area contributed by atoms with Crippen LogP contribution in [-0.4, -0.2) is 23.3 Å². The minimum Gasteiger partial charge on any atom is -0.280 e. The Hall–Kier alpha value is -0.220. The Morgan fingerprint density at radius 1 is 1.44 bits per heavy atom. The van der Waals surface area contributed by atoms with E-state index in [1.54, 1.807) is 0 Å². The first-order chi connectivity index (χ1) is 4.29. The van der Waals surface area contributed by atoms with Crippen LogP contribution in [-0.2, 0) is 0 Å². The zero-order chi connectivity index (χ0) is 6.69. The number of amides is 1. The molecule has 0 aromatic heterocycles. The summed E-state index contributed by atoms with van der Waals surface area (Å²) in [5.41, 5.74) is 2.60. The fourth-order valence-corrected chi connectivity index (χ4v) is 1.11. The average molecular weight is 146 g/mol. The summed E-state index contributed by atoms with van der Waals surface area (Å²) in [4.78, 5) is 10.3. The van der Waals surface area contributed by atoms with E-state index < -0.39 is 0 Å². The average Bonchev–Trinajstić information content (AvgIpc) is 2.15. The summed E-state index contributed by atoms with van der Waals surface area (Å²) in [6, 6.07) is 0. The Bertz CT molecular complexity index is 112. The summed E-state index contributed by atoms with van der Waals surface area (Å²) in [5.74, 6) is 0. The van der Waals surface area contributed by atoms with Gasteiger partial charge in [-0.25, -0.2) is 5.01 Å². The van der Waals surface area contributed by atoms with Crippen LogP contribution in [0.1, 0.15) is 12.8 Å². The molecule has 0 bridgehead atoms. The molecule has 4 heteroatoms. The third-order valence-electron chi connectivity index (χ3n) is 1.36. The molecule has 1 aliphatic rings. The van der Waals surface area contributed by atoms with Gasteiger partial charge in [-0.1, -0.05) is 12.6 Å². The van der Waals surface area contributed by atoms with Crippen LogP contribution in [0.25, 0.3) is 0 Å². The highest BCUT2D eigenvalue weighted by atomic mass is 32.1. The van der Waals surface area contributed by atoms with Gasteiger partial charge in [0.25, 0.3) is 5.24 Å². The standard InChI is InChI=1S/C5H10N2OS/c8-5(9)6-7-3-1-2-4-7/h1-4H2,(H2,6,8,9). The van der Waals surface area contributed by atoms with E-state index in [-0.39, 0.29) is 5.24 Å². The quantitative estimate of drug-likeness (QED) is 0.532. The van der Waals surface area contributed by atoms with E-state index in [9.17, 15) is 4.79 Å². The predicted octanol–water partition coefficient (Wildman–Crippen LogP) is 0.637. The Morgan fingerprint density at radius 3 is 2.44 bits per heavy atom. The van der Waals surface area contributed by atoms with Crippen LogP contribution >= 0.6 is 12.6 Å². The first-order valence-corrected chi connectivity index (χ1v) is 3.48. The number of hydrogen-bond acceptors (Lipinski definition) is 2. The maximum Gasteiger partial charge on any atom is 0.290 e. The van der Waals surface area contributed by atoms with Crippen molar-refractivity contribution >= 4 is 17.9 Å². The molecule has 3 nitrogen and oxygen atoms in total. The molecule has 1 heterocycles. The summed E-state index contributed by atoms with van der Waals surface area (Å²) < 4.78 is 0. The summed E-state index contributed by atoms with van der Waals surface area (Å²) in [6.45, 7) is 1.93. The van der Waals surface area contributed by atoms with Crippen molar-refractivity contribution in [1.82, 2.24) is 10.4 Å². The predicted molar refractivity (Wildman–Crippen MR) is 38.3 cm³/mol. The Labute approximate surface area is 59.8 Å². The number of hydrazine groups is 1. The highest BCUT2D eigenvalue weighted by Crippen LogP contribution is 2.03. The normalized spacial score (nSPS) is 20.1. The molecular weight excluding hydrogens is 136 g/mol. The molecule has 1 amide bonds. The van der Waals surface area contributed by atoms with Crippen LogP contribution in [0.4, 0.5) is 4.79 Å².